The van der Waals surface area contributed by atoms with Crippen molar-refractivity contribution in [3.8, 4) is 17.7 Å². The second-order valence-electron chi connectivity index (χ2n) is 10.4. The fourth-order valence-electron chi connectivity index (χ4n) is 5.00. The lowest BCUT2D eigenvalue weighted by Crippen LogP contribution is -2.49. The first kappa shape index (κ1) is 26.1. The molecule has 2 aliphatic rings. The lowest BCUT2D eigenvalue weighted by atomic mass is 9.90. The first-order chi connectivity index (χ1) is 17.4. The van der Waals surface area contributed by atoms with Crippen LogP contribution in [-0.2, 0) is 6.54 Å². The molecule has 7 heteroatoms. The molecule has 7 nitrogen and oxygen atoms in total. The van der Waals surface area contributed by atoms with Crippen LogP contribution in [0.2, 0.25) is 0 Å². The highest BCUT2D eigenvalue weighted by Gasteiger charge is 2.34. The zero-order chi connectivity index (χ0) is 25.5. The number of ether oxygens (including phenoxy) is 1. The van der Waals surface area contributed by atoms with E-state index in [4.69, 9.17) is 4.74 Å². The van der Waals surface area contributed by atoms with Gasteiger partial charge in [-0.15, -0.1) is 0 Å². The molecular formula is C29H38N4O3. The quantitative estimate of drug-likeness (QED) is 0.622. The molecule has 1 fully saturated rings. The van der Waals surface area contributed by atoms with Gasteiger partial charge in [0, 0.05) is 55.6 Å². The van der Waals surface area contributed by atoms with Gasteiger partial charge >= 0.3 is 0 Å². The van der Waals surface area contributed by atoms with Crippen molar-refractivity contribution >= 4 is 5.91 Å². The molecule has 1 aliphatic heterocycles. The second-order valence-corrected chi connectivity index (χ2v) is 10.4. The summed E-state index contributed by atoms with van der Waals surface area (Å²) in [6.45, 7) is 5.75. The van der Waals surface area contributed by atoms with Gasteiger partial charge in [-0.1, -0.05) is 44.1 Å². The molecule has 36 heavy (non-hydrogen) atoms. The number of hydrogen-bond donors (Lipinski definition) is 1. The number of aliphatic hydroxyl groups excluding tert-OH is 1. The molecule has 0 radical (unpaired) electrons. The van der Waals surface area contributed by atoms with Crippen LogP contribution < -0.4 is 4.74 Å². The molecule has 3 heterocycles. The van der Waals surface area contributed by atoms with E-state index in [1.807, 2.05) is 25.3 Å². The van der Waals surface area contributed by atoms with Crippen LogP contribution in [0, 0.1) is 23.7 Å². The zero-order valence-corrected chi connectivity index (χ0v) is 21.7. The summed E-state index contributed by atoms with van der Waals surface area (Å²) in [5, 5.41) is 9.88. The Hall–Kier alpha value is -2.95. The van der Waals surface area contributed by atoms with E-state index in [1.54, 1.807) is 17.3 Å². The molecule has 1 saturated carbocycles. The number of nitrogens with zero attached hydrogens (tertiary/aromatic N) is 4. The molecule has 4 rings (SSSR count). The number of fused-ring (bicyclic) bond motifs is 1. The molecule has 0 bridgehead atoms. The van der Waals surface area contributed by atoms with Crippen LogP contribution in [0.25, 0.3) is 0 Å². The monoisotopic (exact) mass is 490 g/mol. The lowest BCUT2D eigenvalue weighted by molar-refractivity contribution is 0.0325. The summed E-state index contributed by atoms with van der Waals surface area (Å²) >= 11 is 0. The lowest BCUT2D eigenvalue weighted by Gasteiger charge is -2.37. The first-order valence-electron chi connectivity index (χ1n) is 13.1. The van der Waals surface area contributed by atoms with Gasteiger partial charge in [0.25, 0.3) is 5.91 Å². The molecule has 3 atom stereocenters. The van der Waals surface area contributed by atoms with Crippen LogP contribution in [0.1, 0.15) is 67.4 Å². The van der Waals surface area contributed by atoms with Crippen LogP contribution in [-0.4, -0.2) is 69.7 Å². The van der Waals surface area contributed by atoms with E-state index in [2.05, 4.69) is 46.7 Å². The van der Waals surface area contributed by atoms with E-state index in [-0.39, 0.29) is 30.6 Å². The van der Waals surface area contributed by atoms with Crippen molar-refractivity contribution in [2.24, 2.45) is 11.8 Å². The van der Waals surface area contributed by atoms with E-state index in [9.17, 15) is 9.90 Å². The Kier molecular flexibility index (Phi) is 8.95. The second kappa shape index (κ2) is 12.3. The summed E-state index contributed by atoms with van der Waals surface area (Å²) in [7, 11) is 2.05. The minimum atomic E-state index is -0.309. The van der Waals surface area contributed by atoms with Crippen molar-refractivity contribution in [2.45, 2.75) is 64.6 Å². The molecule has 0 spiro atoms. The standard InChI is InChI=1S/C29H38N4O3/c1-21-17-33(22(2)20-34)29(35)26-14-24(12-11-23-8-5-4-6-9-23)16-31-28(26)36-27(21)19-32(3)18-25-10-7-13-30-15-25/h7,10,13-16,21-23,27,34H,4-6,8-9,17-20H2,1-3H3/t21-,22+,27+/m0/s1. The van der Waals surface area contributed by atoms with E-state index < -0.39 is 0 Å². The SMILES string of the molecule is C[C@H](CO)N1C[C@H](C)[C@@H](CN(C)Cc2cccnc2)Oc2ncc(C#CC3CCCCC3)cc2C1=O. The third-order valence-corrected chi connectivity index (χ3v) is 7.21. The number of aromatic nitrogens is 2. The smallest absolute Gasteiger partial charge is 0.259 e. The van der Waals surface area contributed by atoms with Crippen molar-refractivity contribution in [1.82, 2.24) is 19.8 Å². The number of hydrogen-bond acceptors (Lipinski definition) is 6. The maximum atomic E-state index is 13.6. The summed E-state index contributed by atoms with van der Waals surface area (Å²) in [6, 6.07) is 5.50. The molecule has 0 unspecified atom stereocenters. The summed E-state index contributed by atoms with van der Waals surface area (Å²) in [5.41, 5.74) is 2.27. The van der Waals surface area contributed by atoms with Gasteiger partial charge < -0.3 is 14.7 Å². The predicted octanol–water partition coefficient (Wildman–Crippen LogP) is 3.76. The van der Waals surface area contributed by atoms with E-state index in [0.29, 0.717) is 30.5 Å². The highest BCUT2D eigenvalue weighted by Crippen LogP contribution is 2.28. The van der Waals surface area contributed by atoms with Gasteiger partial charge in [0.2, 0.25) is 5.88 Å². The molecule has 0 aromatic carbocycles. The van der Waals surface area contributed by atoms with Gasteiger partial charge in [-0.3, -0.25) is 14.7 Å². The van der Waals surface area contributed by atoms with E-state index in [1.165, 1.54) is 19.3 Å². The van der Waals surface area contributed by atoms with Crippen LogP contribution in [0.15, 0.2) is 36.8 Å². The third-order valence-electron chi connectivity index (χ3n) is 7.21. The summed E-state index contributed by atoms with van der Waals surface area (Å²) in [6.07, 6.45) is 11.2. The largest absolute Gasteiger partial charge is 0.472 e. The molecule has 1 N–H and O–H groups in total. The van der Waals surface area contributed by atoms with Crippen LogP contribution in [0.5, 0.6) is 5.88 Å². The molecule has 1 amide bonds. The first-order valence-corrected chi connectivity index (χ1v) is 13.1. The van der Waals surface area contributed by atoms with Gasteiger partial charge in [-0.05, 0) is 44.5 Å². The van der Waals surface area contributed by atoms with Gasteiger partial charge in [-0.2, -0.15) is 0 Å². The van der Waals surface area contributed by atoms with Crippen molar-refractivity contribution in [1.29, 1.82) is 0 Å². The summed E-state index contributed by atoms with van der Waals surface area (Å²) < 4.78 is 6.41. The summed E-state index contributed by atoms with van der Waals surface area (Å²) in [5.74, 6) is 7.27. The van der Waals surface area contributed by atoms with E-state index >= 15 is 0 Å². The highest BCUT2D eigenvalue weighted by molar-refractivity contribution is 5.97. The van der Waals surface area contributed by atoms with Crippen molar-refractivity contribution in [3.05, 3.63) is 53.5 Å². The Morgan fingerprint density at radius 3 is 2.81 bits per heavy atom. The fourth-order valence-corrected chi connectivity index (χ4v) is 5.00. The molecule has 2 aromatic rings. The van der Waals surface area contributed by atoms with Gasteiger partial charge in [0.05, 0.1) is 12.6 Å². The van der Waals surface area contributed by atoms with Crippen LogP contribution in [0.4, 0.5) is 0 Å². The minimum Gasteiger partial charge on any atom is -0.472 e. The van der Waals surface area contributed by atoms with Crippen molar-refractivity contribution in [3.63, 3.8) is 0 Å². The predicted molar refractivity (Wildman–Crippen MR) is 139 cm³/mol. The Morgan fingerprint density at radius 1 is 1.28 bits per heavy atom. The summed E-state index contributed by atoms with van der Waals surface area (Å²) in [4.78, 5) is 26.3. The maximum absolute atomic E-state index is 13.6. The van der Waals surface area contributed by atoms with Crippen molar-refractivity contribution in [2.75, 3.05) is 26.7 Å². The Balaban J connectivity index is 1.59. The number of carbonyl (C=O) groups excluding carboxylic acids is 1. The molecule has 192 valence electrons. The number of aliphatic hydroxyl groups is 1. The van der Waals surface area contributed by atoms with Gasteiger partial charge in [-0.25, -0.2) is 4.98 Å². The molecule has 0 saturated heterocycles. The maximum Gasteiger partial charge on any atom is 0.259 e. The van der Waals surface area contributed by atoms with E-state index in [0.717, 1.165) is 30.5 Å². The van der Waals surface area contributed by atoms with Crippen molar-refractivity contribution < 1.29 is 14.6 Å². The average molecular weight is 491 g/mol. The van der Waals surface area contributed by atoms with Crippen LogP contribution in [0.3, 0.4) is 0 Å². The Morgan fingerprint density at radius 2 is 2.08 bits per heavy atom. The molecule has 1 aliphatic carbocycles. The topological polar surface area (TPSA) is 78.8 Å². The van der Waals surface area contributed by atoms with Gasteiger partial charge in [0.1, 0.15) is 11.7 Å². The number of pyridine rings is 2. The number of likely N-dealkylation sites (N-methyl/N-ethyl adjacent to an activating group) is 1. The Bertz CT molecular complexity index is 1070. The average Bonchev–Trinajstić information content (AvgIpc) is 2.90. The normalized spacial score (nSPS) is 21.6. The number of rotatable bonds is 6. The van der Waals surface area contributed by atoms with Gasteiger partial charge in [0.15, 0.2) is 0 Å². The molecular weight excluding hydrogens is 452 g/mol. The molecule has 2 aromatic heterocycles. The number of amides is 1. The highest BCUT2D eigenvalue weighted by atomic mass is 16.5. The number of carbonyl (C=O) groups is 1. The minimum absolute atomic E-state index is 0.0417. The Labute approximate surface area is 214 Å². The third kappa shape index (κ3) is 6.63. The fraction of sp³-hybridized carbons (Fsp3) is 0.552. The van der Waals surface area contributed by atoms with Crippen LogP contribution >= 0.6 is 0 Å². The zero-order valence-electron chi connectivity index (χ0n) is 21.7.